The summed E-state index contributed by atoms with van der Waals surface area (Å²) in [5.41, 5.74) is 2.60. The molecular weight excluding hydrogens is 408 g/mol. The fourth-order valence-corrected chi connectivity index (χ4v) is 4.44. The van der Waals surface area contributed by atoms with E-state index in [1.807, 2.05) is 22.9 Å². The molecule has 4 rings (SSSR count). The zero-order chi connectivity index (χ0) is 22.0. The molecule has 0 fully saturated rings. The fraction of sp³-hybridized carbons (Fsp3) is 0.391. The van der Waals surface area contributed by atoms with Crippen molar-refractivity contribution in [1.29, 1.82) is 0 Å². The van der Waals surface area contributed by atoms with Gasteiger partial charge in [0, 0.05) is 29.0 Å². The minimum atomic E-state index is -0.218. The van der Waals surface area contributed by atoms with E-state index in [9.17, 15) is 4.79 Å². The summed E-state index contributed by atoms with van der Waals surface area (Å²) in [5, 5.41) is 15.5. The Morgan fingerprint density at radius 2 is 1.97 bits per heavy atom. The minimum absolute atomic E-state index is 0.0525. The third-order valence-corrected chi connectivity index (χ3v) is 6.14. The molecule has 0 saturated carbocycles. The first-order valence-electron chi connectivity index (χ1n) is 10.5. The first-order valence-corrected chi connectivity index (χ1v) is 11.4. The number of thiophene rings is 1. The summed E-state index contributed by atoms with van der Waals surface area (Å²) in [6.45, 7) is 10.2. The second-order valence-corrected chi connectivity index (χ2v) is 9.83. The van der Waals surface area contributed by atoms with Crippen LogP contribution in [0.2, 0.25) is 0 Å². The van der Waals surface area contributed by atoms with E-state index in [0.29, 0.717) is 13.1 Å². The monoisotopic (exact) mass is 436 g/mol. The van der Waals surface area contributed by atoms with Gasteiger partial charge in [-0.3, -0.25) is 9.69 Å². The molecule has 8 heteroatoms. The zero-order valence-corrected chi connectivity index (χ0v) is 19.2. The number of nitrogens with zero attached hydrogens (tertiary/aromatic N) is 5. The molecule has 1 N–H and O–H groups in total. The molecule has 0 aliphatic heterocycles. The minimum Gasteiger partial charge on any atom is -0.322 e. The number of rotatable bonds is 7. The van der Waals surface area contributed by atoms with Gasteiger partial charge in [-0.25, -0.2) is 4.68 Å². The van der Waals surface area contributed by atoms with Gasteiger partial charge in [-0.15, -0.1) is 16.4 Å². The van der Waals surface area contributed by atoms with Crippen LogP contribution in [-0.2, 0) is 31.6 Å². The van der Waals surface area contributed by atoms with Gasteiger partial charge in [0.1, 0.15) is 0 Å². The maximum Gasteiger partial charge on any atom is 0.252 e. The van der Waals surface area contributed by atoms with Crippen LogP contribution >= 0.6 is 11.3 Å². The number of aromatic nitrogens is 5. The third kappa shape index (κ3) is 4.91. The Morgan fingerprint density at radius 1 is 1.13 bits per heavy atom. The number of hydrogen-bond acceptors (Lipinski definition) is 6. The van der Waals surface area contributed by atoms with E-state index in [1.54, 1.807) is 11.3 Å². The summed E-state index contributed by atoms with van der Waals surface area (Å²) in [7, 11) is 0. The highest BCUT2D eigenvalue weighted by Gasteiger charge is 2.22. The molecular formula is C23H28N6OS. The quantitative estimate of drug-likeness (QED) is 0.472. The summed E-state index contributed by atoms with van der Waals surface area (Å²) in [5.74, 6) is 0.787. The molecule has 0 atom stereocenters. The summed E-state index contributed by atoms with van der Waals surface area (Å²) in [6.07, 6.45) is 0.963. The molecule has 0 amide bonds. The van der Waals surface area contributed by atoms with E-state index in [2.05, 4.69) is 76.7 Å². The molecule has 0 unspecified atom stereocenters. The lowest BCUT2D eigenvalue weighted by Crippen LogP contribution is -2.31. The van der Waals surface area contributed by atoms with Crippen molar-refractivity contribution in [3.05, 3.63) is 74.0 Å². The Labute approximate surface area is 185 Å². The van der Waals surface area contributed by atoms with Crippen molar-refractivity contribution in [3.8, 4) is 0 Å². The molecule has 7 nitrogen and oxygen atoms in total. The van der Waals surface area contributed by atoms with E-state index in [4.69, 9.17) is 0 Å². The molecule has 3 heterocycles. The standard InChI is InChI=1S/C23H28N6OS/c1-5-16-8-9-20-17(11-16)12-18(22(30)24-20)13-28(14-19-7-6-10-31-19)15-21-25-26-27-29(21)23(2,3)4/h6-12H,5,13-15H2,1-4H3,(H,24,30). The predicted molar refractivity (Wildman–Crippen MR) is 124 cm³/mol. The highest BCUT2D eigenvalue weighted by atomic mass is 32.1. The Hall–Kier alpha value is -2.84. The van der Waals surface area contributed by atoms with Crippen molar-refractivity contribution in [3.63, 3.8) is 0 Å². The van der Waals surface area contributed by atoms with Crippen LogP contribution in [0.4, 0.5) is 0 Å². The van der Waals surface area contributed by atoms with Gasteiger partial charge < -0.3 is 4.98 Å². The average Bonchev–Trinajstić information content (AvgIpc) is 3.40. The fourth-order valence-electron chi connectivity index (χ4n) is 3.70. The molecule has 0 radical (unpaired) electrons. The van der Waals surface area contributed by atoms with Gasteiger partial charge in [-0.05, 0) is 78.2 Å². The van der Waals surface area contributed by atoms with Crippen LogP contribution in [0, 0.1) is 0 Å². The topological polar surface area (TPSA) is 79.7 Å². The lowest BCUT2D eigenvalue weighted by Gasteiger charge is -2.24. The first kappa shape index (κ1) is 21.4. The molecule has 0 bridgehead atoms. The van der Waals surface area contributed by atoms with Crippen LogP contribution in [0.25, 0.3) is 10.9 Å². The van der Waals surface area contributed by atoms with Crippen LogP contribution < -0.4 is 5.56 Å². The van der Waals surface area contributed by atoms with Gasteiger partial charge in [0.2, 0.25) is 0 Å². The van der Waals surface area contributed by atoms with E-state index in [1.165, 1.54) is 10.4 Å². The van der Waals surface area contributed by atoms with Gasteiger partial charge in [0.25, 0.3) is 5.56 Å². The number of aromatic amines is 1. The van der Waals surface area contributed by atoms with Gasteiger partial charge in [-0.2, -0.15) is 0 Å². The number of aryl methyl sites for hydroxylation is 1. The zero-order valence-electron chi connectivity index (χ0n) is 18.4. The number of H-pyrrole nitrogens is 1. The van der Waals surface area contributed by atoms with Crippen LogP contribution in [0.3, 0.4) is 0 Å². The van der Waals surface area contributed by atoms with E-state index >= 15 is 0 Å². The van der Waals surface area contributed by atoms with E-state index in [0.717, 1.165) is 35.3 Å². The predicted octanol–water partition coefficient (Wildman–Crippen LogP) is 4.10. The number of hydrogen-bond donors (Lipinski definition) is 1. The van der Waals surface area contributed by atoms with Crippen molar-refractivity contribution >= 4 is 22.2 Å². The highest BCUT2D eigenvalue weighted by molar-refractivity contribution is 7.09. The Morgan fingerprint density at radius 3 is 2.68 bits per heavy atom. The number of benzene rings is 1. The van der Waals surface area contributed by atoms with Gasteiger partial charge >= 0.3 is 0 Å². The van der Waals surface area contributed by atoms with E-state index < -0.39 is 0 Å². The van der Waals surface area contributed by atoms with Crippen LogP contribution in [0.1, 0.15) is 49.5 Å². The number of fused-ring (bicyclic) bond motifs is 1. The molecule has 4 aromatic rings. The smallest absolute Gasteiger partial charge is 0.252 e. The Kier molecular flexibility index (Phi) is 6.02. The lowest BCUT2D eigenvalue weighted by molar-refractivity contribution is 0.225. The molecule has 31 heavy (non-hydrogen) atoms. The van der Waals surface area contributed by atoms with Crippen molar-refractivity contribution in [2.24, 2.45) is 0 Å². The molecule has 0 aliphatic rings. The number of nitrogens with one attached hydrogen (secondary N) is 1. The Balaban J connectivity index is 1.67. The van der Waals surface area contributed by atoms with Gasteiger partial charge in [0.05, 0.1) is 12.1 Å². The summed E-state index contributed by atoms with van der Waals surface area (Å²) < 4.78 is 1.85. The number of tetrazole rings is 1. The normalized spacial score (nSPS) is 12.2. The summed E-state index contributed by atoms with van der Waals surface area (Å²) >= 11 is 1.71. The van der Waals surface area contributed by atoms with Crippen molar-refractivity contribution in [2.75, 3.05) is 0 Å². The molecule has 0 spiro atoms. The largest absolute Gasteiger partial charge is 0.322 e. The summed E-state index contributed by atoms with van der Waals surface area (Å²) in [6, 6.07) is 12.4. The molecule has 1 aromatic carbocycles. The van der Waals surface area contributed by atoms with Crippen LogP contribution in [-0.4, -0.2) is 30.1 Å². The van der Waals surface area contributed by atoms with Crippen LogP contribution in [0.5, 0.6) is 0 Å². The SMILES string of the molecule is CCc1ccc2[nH]c(=O)c(CN(Cc3cccs3)Cc3nnnn3C(C)(C)C)cc2c1. The van der Waals surface area contributed by atoms with E-state index in [-0.39, 0.29) is 11.1 Å². The lowest BCUT2D eigenvalue weighted by atomic mass is 10.1. The molecule has 0 saturated heterocycles. The third-order valence-electron chi connectivity index (χ3n) is 5.28. The molecule has 0 aliphatic carbocycles. The number of pyridine rings is 1. The van der Waals surface area contributed by atoms with Crippen molar-refractivity contribution < 1.29 is 0 Å². The van der Waals surface area contributed by atoms with Crippen molar-refractivity contribution in [1.82, 2.24) is 30.1 Å². The summed E-state index contributed by atoms with van der Waals surface area (Å²) in [4.78, 5) is 19.3. The molecule has 3 aromatic heterocycles. The Bertz CT molecular complexity index is 1220. The maximum absolute atomic E-state index is 12.8. The second-order valence-electron chi connectivity index (χ2n) is 8.80. The highest BCUT2D eigenvalue weighted by Crippen LogP contribution is 2.20. The molecule has 162 valence electrons. The maximum atomic E-state index is 12.8. The first-order chi connectivity index (χ1) is 14.8. The van der Waals surface area contributed by atoms with Crippen LogP contribution in [0.15, 0.2) is 46.6 Å². The second kappa shape index (κ2) is 8.72. The van der Waals surface area contributed by atoms with Gasteiger partial charge in [0.15, 0.2) is 5.82 Å². The average molecular weight is 437 g/mol. The van der Waals surface area contributed by atoms with Crippen molar-refractivity contribution in [2.45, 2.75) is 59.3 Å². The van der Waals surface area contributed by atoms with Gasteiger partial charge in [-0.1, -0.05) is 19.1 Å².